The van der Waals surface area contributed by atoms with Crippen molar-refractivity contribution in [3.8, 4) is 0 Å². The van der Waals surface area contributed by atoms with Gasteiger partial charge in [0.05, 0.1) is 50.3 Å². The van der Waals surface area contributed by atoms with Gasteiger partial charge in [-0.15, -0.1) is 0 Å². The predicted molar refractivity (Wildman–Crippen MR) is 370 cm³/mol. The number of nitrogens with two attached hydrogens (primary N) is 1. The summed E-state index contributed by atoms with van der Waals surface area (Å²) in [6.07, 6.45) is 4.15. The van der Waals surface area contributed by atoms with Crippen LogP contribution < -0.4 is 32.3 Å². The van der Waals surface area contributed by atoms with Gasteiger partial charge in [-0.25, -0.2) is 4.57 Å². The number of phosphoric acid groups is 1. The smallest absolute Gasteiger partial charge is 0.396 e. The number of hydrogen-bond acceptors (Lipinski definition) is 24. The second kappa shape index (κ2) is 56.2. The number of carbonyl (C=O) groups excluding carboxylic acids is 5. The molecule has 0 aromatic carbocycles. The molecule has 31 heteroatoms. The van der Waals surface area contributed by atoms with Crippen LogP contribution in [0.15, 0.2) is 0 Å². The highest BCUT2D eigenvalue weighted by molar-refractivity contribution is 7.47. The molecular weight excluding hydrogens is 1320 g/mol. The monoisotopic (exact) mass is 1450 g/mol. The molecule has 0 spiro atoms. The lowest BCUT2D eigenvalue weighted by Crippen LogP contribution is -2.55. The van der Waals surface area contributed by atoms with Gasteiger partial charge in [-0.3, -0.25) is 33.0 Å². The molecule has 3 fully saturated rings. The first-order valence-corrected chi connectivity index (χ1v) is 38.1. The average molecular weight is 1450 g/mol. The number of aliphatic hydroxyl groups is 9. The molecule has 2 saturated heterocycles. The molecule has 1 aliphatic carbocycles. The maximum atomic E-state index is 13.8. The highest BCUT2D eigenvalue weighted by atomic mass is 31.2. The molecule has 16 atom stereocenters. The number of amides is 5. The topological polar surface area (TPSA) is 465 Å². The van der Waals surface area contributed by atoms with Crippen LogP contribution in [0, 0.1) is 23.7 Å². The van der Waals surface area contributed by atoms with Crippen LogP contribution in [0.5, 0.6) is 0 Å². The molecule has 99 heavy (non-hydrogen) atoms. The zero-order valence-corrected chi connectivity index (χ0v) is 61.6. The number of aliphatic hydroxyl groups excluding tert-OH is 9. The van der Waals surface area contributed by atoms with E-state index >= 15 is 0 Å². The number of carbonyl (C=O) groups is 5. The Morgan fingerprint density at radius 1 is 0.465 bits per heavy atom. The highest BCUT2D eigenvalue weighted by Gasteiger charge is 2.44. The van der Waals surface area contributed by atoms with Crippen LogP contribution in [0.4, 0.5) is 0 Å². The van der Waals surface area contributed by atoms with Crippen LogP contribution in [0.25, 0.3) is 0 Å². The van der Waals surface area contributed by atoms with Gasteiger partial charge in [0.2, 0.25) is 29.5 Å². The predicted octanol–water partition coefficient (Wildman–Crippen LogP) is 2.77. The van der Waals surface area contributed by atoms with E-state index in [0.29, 0.717) is 104 Å². The van der Waals surface area contributed by atoms with E-state index in [1.807, 2.05) is 20.8 Å². The zero-order chi connectivity index (χ0) is 74.0. The van der Waals surface area contributed by atoms with Crippen molar-refractivity contribution in [1.29, 1.82) is 0 Å². The molecule has 17 N–H and O–H groups in total. The van der Waals surface area contributed by atoms with Crippen molar-refractivity contribution in [3.05, 3.63) is 0 Å². The van der Waals surface area contributed by atoms with Crippen LogP contribution in [0.2, 0.25) is 0 Å². The van der Waals surface area contributed by atoms with Crippen molar-refractivity contribution >= 4 is 37.4 Å². The SMILES string of the molecule is CC.COCCCNC(=O)CCCC(=O)NC(CCC(=O)NCCCCCCOC1CC(CO)C(O)C(O)C1C)(CCC(=O)NCCCCCCOC1OC(CO)C(O)C(O)C1C)CCC(=O)NCCCCCCOC1OC(CO)C(O)C(O)C1C.COP(=O)(O)OCCCCCCN. The fraction of sp³-hybridized carbons (Fsp3) is 0.926. The first-order chi connectivity index (χ1) is 47.4. The fourth-order valence-electron chi connectivity index (χ4n) is 11.8. The minimum absolute atomic E-state index is 0.00368. The van der Waals surface area contributed by atoms with Gasteiger partial charge >= 0.3 is 7.82 Å². The van der Waals surface area contributed by atoms with Gasteiger partial charge in [0, 0.05) is 135 Å². The van der Waals surface area contributed by atoms with Crippen molar-refractivity contribution in [2.75, 3.05) is 99.8 Å². The largest absolute Gasteiger partial charge is 0.471 e. The van der Waals surface area contributed by atoms with Gasteiger partial charge in [0.1, 0.15) is 24.4 Å². The Morgan fingerprint density at radius 3 is 1.26 bits per heavy atom. The number of ether oxygens (including phenoxy) is 6. The number of rotatable bonds is 53. The third kappa shape index (κ3) is 40.1. The molecule has 3 rings (SSSR count). The van der Waals surface area contributed by atoms with E-state index in [9.17, 15) is 74.5 Å². The number of phosphoric ester groups is 1. The summed E-state index contributed by atoms with van der Waals surface area (Å²) in [7, 11) is -1.03. The van der Waals surface area contributed by atoms with Crippen LogP contribution in [0.1, 0.15) is 208 Å². The van der Waals surface area contributed by atoms with Gasteiger partial charge in [-0.05, 0) is 96.4 Å². The third-order valence-corrected chi connectivity index (χ3v) is 19.3. The summed E-state index contributed by atoms with van der Waals surface area (Å²) < 4.78 is 53.6. The summed E-state index contributed by atoms with van der Waals surface area (Å²) in [5, 5.41) is 105. The maximum absolute atomic E-state index is 13.8. The van der Waals surface area contributed by atoms with Crippen LogP contribution in [-0.4, -0.2) is 253 Å². The maximum Gasteiger partial charge on any atom is 0.471 e. The van der Waals surface area contributed by atoms with E-state index in [0.717, 1.165) is 77.7 Å². The second-order valence-corrected chi connectivity index (χ2v) is 27.7. The zero-order valence-electron chi connectivity index (χ0n) is 60.7. The molecule has 2 heterocycles. The molecule has 0 aromatic heterocycles. The molecule has 0 bridgehead atoms. The Morgan fingerprint density at radius 2 is 0.848 bits per heavy atom. The molecule has 5 amide bonds. The Balaban J connectivity index is 0.00000291. The van der Waals surface area contributed by atoms with Crippen molar-refractivity contribution in [3.63, 3.8) is 0 Å². The summed E-state index contributed by atoms with van der Waals surface area (Å²) >= 11 is 0. The first kappa shape index (κ1) is 93.8. The summed E-state index contributed by atoms with van der Waals surface area (Å²) in [5.41, 5.74) is 4.15. The highest BCUT2D eigenvalue weighted by Crippen LogP contribution is 2.42. The first-order valence-electron chi connectivity index (χ1n) is 36.6. The van der Waals surface area contributed by atoms with E-state index in [2.05, 4.69) is 35.6 Å². The molecule has 3 aliphatic rings. The second-order valence-electron chi connectivity index (χ2n) is 26.2. The van der Waals surface area contributed by atoms with Crippen LogP contribution >= 0.6 is 7.82 Å². The Kier molecular flexibility index (Phi) is 53.3. The molecule has 0 radical (unpaired) electrons. The summed E-state index contributed by atoms with van der Waals surface area (Å²) in [5.74, 6) is -3.06. The van der Waals surface area contributed by atoms with E-state index in [1.165, 1.54) is 0 Å². The third-order valence-electron chi connectivity index (χ3n) is 18.3. The van der Waals surface area contributed by atoms with Crippen LogP contribution in [-0.2, 0) is 66.0 Å². The number of hydrogen-bond donors (Lipinski definition) is 16. The Bertz CT molecular complexity index is 1980. The standard InChI is InChI=1S/C59H109N5O20.C7H18NO4P.C2H6/c1-39-43(35-42(36-65)54(76)51(39)73)80-32-14-8-5-11-27-60-47(69)21-24-59(64-50(72)20-17-19-46(68)63-30-18-31-79-4,25-22-48(70)61-28-12-6-9-15-33-81-57-40(2)52(74)55(77)44(37-66)83-57)26-23-49(71)62-29-13-7-10-16-34-82-58-41(3)53(75)56(78)45(38-67)84-58;1-11-13(9,10)12-7-5-3-2-4-6-8;1-2/h39-45,51-58,65-67,73-78H,5-38H2,1-4H3,(H,60,69)(H,61,70)(H,62,71)(H,63,68)(H,64,72);2-8H2,1H3,(H,9,10);1-2H3. The van der Waals surface area contributed by atoms with Gasteiger partial charge in [-0.1, -0.05) is 86.0 Å². The Labute approximate surface area is 588 Å². The van der Waals surface area contributed by atoms with Crippen molar-refractivity contribution < 1.29 is 117 Å². The molecule has 30 nitrogen and oxygen atoms in total. The molecule has 2 aliphatic heterocycles. The lowest BCUT2D eigenvalue weighted by molar-refractivity contribution is -0.282. The molecule has 1 saturated carbocycles. The quantitative estimate of drug-likeness (QED) is 0.0307. The van der Waals surface area contributed by atoms with Crippen molar-refractivity contribution in [1.82, 2.24) is 26.6 Å². The van der Waals surface area contributed by atoms with Gasteiger partial charge in [-0.2, -0.15) is 0 Å². The minimum Gasteiger partial charge on any atom is -0.396 e. The normalized spacial score (nSPS) is 26.5. The summed E-state index contributed by atoms with van der Waals surface area (Å²) in [4.78, 5) is 75.7. The van der Waals surface area contributed by atoms with Crippen LogP contribution in [0.3, 0.4) is 0 Å². The number of methoxy groups -OCH3 is 1. The molecule has 16 unspecified atom stereocenters. The number of unbranched alkanes of at least 4 members (excludes halogenated alkanes) is 12. The van der Waals surface area contributed by atoms with Crippen molar-refractivity contribution in [2.45, 2.75) is 281 Å². The lowest BCUT2D eigenvalue weighted by Gasteiger charge is -2.40. The summed E-state index contributed by atoms with van der Waals surface area (Å²) in [6.45, 7) is 12.3. The van der Waals surface area contributed by atoms with E-state index in [4.69, 9.17) is 39.0 Å². The summed E-state index contributed by atoms with van der Waals surface area (Å²) in [6, 6.07) is 0. The lowest BCUT2D eigenvalue weighted by atomic mass is 9.77. The molecular formula is C68H133N6O24P. The van der Waals surface area contributed by atoms with Gasteiger partial charge in [0.25, 0.3) is 0 Å². The van der Waals surface area contributed by atoms with Gasteiger partial charge in [0.15, 0.2) is 12.6 Å². The minimum atomic E-state index is -3.75. The van der Waals surface area contributed by atoms with E-state index in [1.54, 1.807) is 21.0 Å². The molecule has 0 aromatic rings. The number of nitrogens with one attached hydrogen (secondary N) is 5. The Hall–Kier alpha value is -3.18. The van der Waals surface area contributed by atoms with E-state index < -0.39 is 106 Å². The van der Waals surface area contributed by atoms with Crippen molar-refractivity contribution in [2.24, 2.45) is 29.4 Å². The van der Waals surface area contributed by atoms with E-state index in [-0.39, 0.29) is 113 Å². The fourth-order valence-corrected chi connectivity index (χ4v) is 12.2. The average Bonchev–Trinajstić information content (AvgIpc) is 0.846. The molecule has 584 valence electrons. The van der Waals surface area contributed by atoms with Gasteiger partial charge < -0.3 is 112 Å².